The Kier molecular flexibility index (Phi) is 6.08. The van der Waals surface area contributed by atoms with Crippen molar-refractivity contribution in [3.8, 4) is 0 Å². The molecule has 0 spiro atoms. The molecule has 2 aliphatic rings. The SMILES string of the molecule is COC(=O)C1CCCC2C/C=C\CC(NC(=O)OC(C)(C)C)C(=O)N21. The third kappa shape index (κ3) is 4.96. The van der Waals surface area contributed by atoms with Crippen LogP contribution in [-0.2, 0) is 19.1 Å². The Hall–Kier alpha value is -2.05. The van der Waals surface area contributed by atoms with Gasteiger partial charge < -0.3 is 19.7 Å². The van der Waals surface area contributed by atoms with E-state index in [2.05, 4.69) is 5.32 Å². The first-order chi connectivity index (χ1) is 11.7. The standard InChI is InChI=1S/C18H28N2O5/c1-18(2,3)25-17(23)19-13-10-6-5-8-12-9-7-11-14(16(22)24-4)20(12)15(13)21/h5-6,12-14H,7-11H2,1-4H3,(H,19,23)/b6-5-. The third-order valence-corrected chi connectivity index (χ3v) is 4.41. The Labute approximate surface area is 148 Å². The van der Waals surface area contributed by atoms with Gasteiger partial charge in [0.05, 0.1) is 7.11 Å². The third-order valence-electron chi connectivity index (χ3n) is 4.41. The van der Waals surface area contributed by atoms with Crippen LogP contribution in [0, 0.1) is 0 Å². The molecule has 25 heavy (non-hydrogen) atoms. The largest absolute Gasteiger partial charge is 0.467 e. The van der Waals surface area contributed by atoms with E-state index in [1.54, 1.807) is 25.7 Å². The van der Waals surface area contributed by atoms with Crippen molar-refractivity contribution in [2.45, 2.75) is 76.6 Å². The van der Waals surface area contributed by atoms with Crippen LogP contribution in [0.15, 0.2) is 12.2 Å². The zero-order valence-electron chi connectivity index (χ0n) is 15.4. The molecule has 7 nitrogen and oxygen atoms in total. The average molecular weight is 352 g/mol. The Morgan fingerprint density at radius 3 is 2.52 bits per heavy atom. The number of fused-ring (bicyclic) bond motifs is 1. The van der Waals surface area contributed by atoms with Gasteiger partial charge in [0.15, 0.2) is 0 Å². The van der Waals surface area contributed by atoms with Crippen LogP contribution in [0.5, 0.6) is 0 Å². The van der Waals surface area contributed by atoms with E-state index in [0.717, 1.165) is 12.8 Å². The lowest BCUT2D eigenvalue weighted by Crippen LogP contribution is -2.59. The Bertz CT molecular complexity index is 552. The number of rotatable bonds is 2. The van der Waals surface area contributed by atoms with E-state index < -0.39 is 29.7 Å². The number of nitrogens with zero attached hydrogens (tertiary/aromatic N) is 1. The number of piperidine rings is 1. The summed E-state index contributed by atoms with van der Waals surface area (Å²) in [6.45, 7) is 5.29. The summed E-state index contributed by atoms with van der Waals surface area (Å²) in [7, 11) is 1.33. The van der Waals surface area contributed by atoms with Crippen molar-refractivity contribution >= 4 is 18.0 Å². The first-order valence-corrected chi connectivity index (χ1v) is 8.77. The van der Waals surface area contributed by atoms with E-state index in [0.29, 0.717) is 19.3 Å². The molecule has 0 bridgehead atoms. The summed E-state index contributed by atoms with van der Waals surface area (Å²) in [5.41, 5.74) is -0.646. The Morgan fingerprint density at radius 1 is 1.20 bits per heavy atom. The molecule has 1 N–H and O–H groups in total. The zero-order valence-corrected chi connectivity index (χ0v) is 15.4. The molecule has 7 heteroatoms. The summed E-state index contributed by atoms with van der Waals surface area (Å²) in [4.78, 5) is 38.9. The van der Waals surface area contributed by atoms with Crippen molar-refractivity contribution in [1.82, 2.24) is 10.2 Å². The van der Waals surface area contributed by atoms with Crippen molar-refractivity contribution < 1.29 is 23.9 Å². The van der Waals surface area contributed by atoms with Gasteiger partial charge in [-0.05, 0) is 52.9 Å². The molecule has 0 aliphatic carbocycles. The van der Waals surface area contributed by atoms with Crippen LogP contribution < -0.4 is 5.32 Å². The summed E-state index contributed by atoms with van der Waals surface area (Å²) in [6.07, 6.45) is 6.63. The molecule has 2 heterocycles. The minimum absolute atomic E-state index is 0.0511. The number of ether oxygens (including phenoxy) is 2. The minimum atomic E-state index is -0.751. The number of esters is 1. The molecular weight excluding hydrogens is 324 g/mol. The molecule has 0 saturated carbocycles. The van der Waals surface area contributed by atoms with Gasteiger partial charge in [0.2, 0.25) is 5.91 Å². The predicted molar refractivity (Wildman–Crippen MR) is 91.8 cm³/mol. The molecule has 1 saturated heterocycles. The van der Waals surface area contributed by atoms with Crippen LogP contribution in [0.2, 0.25) is 0 Å². The molecule has 0 radical (unpaired) electrons. The van der Waals surface area contributed by atoms with Gasteiger partial charge in [-0.25, -0.2) is 9.59 Å². The molecule has 140 valence electrons. The van der Waals surface area contributed by atoms with Crippen LogP contribution in [0.1, 0.15) is 52.9 Å². The fourth-order valence-corrected chi connectivity index (χ4v) is 3.35. The van der Waals surface area contributed by atoms with Gasteiger partial charge >= 0.3 is 12.1 Å². The number of nitrogens with one attached hydrogen (secondary N) is 1. The van der Waals surface area contributed by atoms with Crippen molar-refractivity contribution in [1.29, 1.82) is 0 Å². The van der Waals surface area contributed by atoms with E-state index in [4.69, 9.17) is 9.47 Å². The number of hydrogen-bond donors (Lipinski definition) is 1. The van der Waals surface area contributed by atoms with Crippen molar-refractivity contribution in [3.05, 3.63) is 12.2 Å². The molecule has 2 rings (SSSR count). The van der Waals surface area contributed by atoms with E-state index >= 15 is 0 Å². The van der Waals surface area contributed by atoms with Gasteiger partial charge in [0.25, 0.3) is 0 Å². The van der Waals surface area contributed by atoms with Gasteiger partial charge in [-0.3, -0.25) is 4.79 Å². The Morgan fingerprint density at radius 2 is 1.88 bits per heavy atom. The second-order valence-electron chi connectivity index (χ2n) is 7.51. The van der Waals surface area contributed by atoms with Crippen LogP contribution in [0.25, 0.3) is 0 Å². The van der Waals surface area contributed by atoms with Crippen LogP contribution in [0.3, 0.4) is 0 Å². The van der Waals surface area contributed by atoms with Gasteiger partial charge in [0.1, 0.15) is 17.7 Å². The van der Waals surface area contributed by atoms with Gasteiger partial charge in [0, 0.05) is 6.04 Å². The van der Waals surface area contributed by atoms with E-state index in [1.807, 2.05) is 12.2 Å². The Balaban J connectivity index is 2.20. The summed E-state index contributed by atoms with van der Waals surface area (Å²) in [5, 5.41) is 2.65. The highest BCUT2D eigenvalue weighted by molar-refractivity contribution is 5.90. The first-order valence-electron chi connectivity index (χ1n) is 8.77. The number of carbonyl (C=O) groups excluding carboxylic acids is 3. The number of amides is 2. The molecule has 0 aromatic carbocycles. The molecular formula is C18H28N2O5. The monoisotopic (exact) mass is 352 g/mol. The molecule has 0 aromatic rings. The minimum Gasteiger partial charge on any atom is -0.467 e. The van der Waals surface area contributed by atoms with Crippen molar-refractivity contribution in [3.63, 3.8) is 0 Å². The van der Waals surface area contributed by atoms with Crippen LogP contribution in [0.4, 0.5) is 4.79 Å². The fraction of sp³-hybridized carbons (Fsp3) is 0.722. The zero-order chi connectivity index (χ0) is 18.6. The average Bonchev–Trinajstić information content (AvgIpc) is 2.52. The normalized spacial score (nSPS) is 28.2. The molecule has 3 atom stereocenters. The number of alkyl carbamates (subject to hydrolysis) is 1. The van der Waals surface area contributed by atoms with Crippen LogP contribution >= 0.6 is 0 Å². The number of carbonyl (C=O) groups is 3. The lowest BCUT2D eigenvalue weighted by molar-refractivity contribution is -0.158. The lowest BCUT2D eigenvalue weighted by atomic mass is 9.90. The fourth-order valence-electron chi connectivity index (χ4n) is 3.35. The smallest absolute Gasteiger partial charge is 0.408 e. The molecule has 3 unspecified atom stereocenters. The maximum absolute atomic E-state index is 13.1. The summed E-state index contributed by atoms with van der Waals surface area (Å²) >= 11 is 0. The molecule has 0 aromatic heterocycles. The second-order valence-corrected chi connectivity index (χ2v) is 7.51. The quantitative estimate of drug-likeness (QED) is 0.608. The van der Waals surface area contributed by atoms with E-state index in [1.165, 1.54) is 7.11 Å². The van der Waals surface area contributed by atoms with Gasteiger partial charge in [-0.2, -0.15) is 0 Å². The first kappa shape index (κ1) is 19.3. The maximum atomic E-state index is 13.1. The molecule has 2 amide bonds. The van der Waals surface area contributed by atoms with Crippen LogP contribution in [-0.4, -0.2) is 53.7 Å². The summed E-state index contributed by atoms with van der Waals surface area (Å²) < 4.78 is 10.1. The molecule has 2 aliphatic heterocycles. The predicted octanol–water partition coefficient (Wildman–Crippen LogP) is 2.15. The van der Waals surface area contributed by atoms with E-state index in [9.17, 15) is 14.4 Å². The highest BCUT2D eigenvalue weighted by atomic mass is 16.6. The molecule has 1 fully saturated rings. The van der Waals surface area contributed by atoms with Gasteiger partial charge in [-0.1, -0.05) is 12.2 Å². The maximum Gasteiger partial charge on any atom is 0.408 e. The van der Waals surface area contributed by atoms with Gasteiger partial charge in [-0.15, -0.1) is 0 Å². The topological polar surface area (TPSA) is 84.9 Å². The van der Waals surface area contributed by atoms with Crippen molar-refractivity contribution in [2.24, 2.45) is 0 Å². The summed E-state index contributed by atoms with van der Waals surface area (Å²) in [6, 6.07) is -1.39. The second kappa shape index (κ2) is 7.89. The number of hydrogen-bond acceptors (Lipinski definition) is 5. The van der Waals surface area contributed by atoms with Crippen molar-refractivity contribution in [2.75, 3.05) is 7.11 Å². The number of methoxy groups -OCH3 is 1. The lowest BCUT2D eigenvalue weighted by Gasteiger charge is -2.42. The van der Waals surface area contributed by atoms with E-state index in [-0.39, 0.29) is 11.9 Å². The highest BCUT2D eigenvalue weighted by Gasteiger charge is 2.41. The summed E-state index contributed by atoms with van der Waals surface area (Å²) in [5.74, 6) is -0.658. The highest BCUT2D eigenvalue weighted by Crippen LogP contribution is 2.28.